The minimum Gasteiger partial charge on any atom is -0.493 e. The van der Waals surface area contributed by atoms with Crippen molar-refractivity contribution < 1.29 is 42.7 Å². The lowest BCUT2D eigenvalue weighted by molar-refractivity contribution is -0.129. The summed E-state index contributed by atoms with van der Waals surface area (Å²) in [6, 6.07) is 13.6. The number of ether oxygens (including phenoxy) is 7. The Morgan fingerprint density at radius 1 is 0.810 bits per heavy atom. The van der Waals surface area contributed by atoms with Crippen LogP contribution < -0.4 is 28.4 Å². The van der Waals surface area contributed by atoms with Gasteiger partial charge in [-0.15, -0.1) is 0 Å². The fourth-order valence-corrected chi connectivity index (χ4v) is 4.91. The molecule has 222 valence electrons. The molecule has 4 rings (SSSR count). The van der Waals surface area contributed by atoms with Gasteiger partial charge in [0.15, 0.2) is 23.0 Å². The third-order valence-electron chi connectivity index (χ3n) is 7.07. The van der Waals surface area contributed by atoms with Crippen molar-refractivity contribution in [2.24, 2.45) is 0 Å². The van der Waals surface area contributed by atoms with Crippen LogP contribution in [0.2, 0.25) is 0 Å². The number of amides is 1. The molecule has 10 nitrogen and oxygen atoms in total. The van der Waals surface area contributed by atoms with Gasteiger partial charge in [-0.25, -0.2) is 4.79 Å². The van der Waals surface area contributed by atoms with E-state index < -0.39 is 12.0 Å². The lowest BCUT2D eigenvalue weighted by atomic mass is 9.92. The van der Waals surface area contributed by atoms with Crippen LogP contribution in [0.1, 0.15) is 33.1 Å². The second kappa shape index (κ2) is 13.7. The van der Waals surface area contributed by atoms with E-state index in [0.29, 0.717) is 58.6 Å². The normalized spacial score (nSPS) is 14.1. The van der Waals surface area contributed by atoms with E-state index in [-0.39, 0.29) is 12.5 Å². The summed E-state index contributed by atoms with van der Waals surface area (Å²) < 4.78 is 38.3. The fraction of sp³-hybridized carbons (Fsp3) is 0.312. The van der Waals surface area contributed by atoms with E-state index >= 15 is 0 Å². The number of nitrogens with zero attached hydrogens (tertiary/aromatic N) is 1. The predicted octanol–water partition coefficient (Wildman–Crippen LogP) is 4.73. The maximum atomic E-state index is 13.7. The molecule has 0 N–H and O–H groups in total. The summed E-state index contributed by atoms with van der Waals surface area (Å²) in [5, 5.41) is 0. The Morgan fingerprint density at radius 2 is 1.43 bits per heavy atom. The maximum absolute atomic E-state index is 13.7. The molecule has 1 heterocycles. The van der Waals surface area contributed by atoms with E-state index in [0.717, 1.165) is 11.1 Å². The van der Waals surface area contributed by atoms with Crippen molar-refractivity contribution in [2.45, 2.75) is 12.5 Å². The van der Waals surface area contributed by atoms with E-state index in [2.05, 4.69) is 0 Å². The molecule has 0 radical (unpaired) electrons. The first kappa shape index (κ1) is 30.1. The minimum absolute atomic E-state index is 0.170. The van der Waals surface area contributed by atoms with Crippen LogP contribution >= 0.6 is 0 Å². The lowest BCUT2D eigenvalue weighted by Gasteiger charge is -2.37. The summed E-state index contributed by atoms with van der Waals surface area (Å²) in [7, 11) is 9.11. The molecule has 1 aliphatic rings. The third-order valence-corrected chi connectivity index (χ3v) is 7.07. The van der Waals surface area contributed by atoms with Crippen molar-refractivity contribution >= 4 is 18.0 Å². The Balaban J connectivity index is 1.64. The number of benzene rings is 3. The Labute approximate surface area is 245 Å². The van der Waals surface area contributed by atoms with Gasteiger partial charge in [-0.2, -0.15) is 0 Å². The van der Waals surface area contributed by atoms with E-state index in [1.807, 2.05) is 12.1 Å². The average molecular weight is 578 g/mol. The van der Waals surface area contributed by atoms with Crippen LogP contribution in [0.15, 0.2) is 54.6 Å². The highest BCUT2D eigenvalue weighted by molar-refractivity contribution is 5.92. The zero-order valence-electron chi connectivity index (χ0n) is 24.6. The smallest absolute Gasteiger partial charge is 0.337 e. The Bertz CT molecular complexity index is 1420. The van der Waals surface area contributed by atoms with E-state index in [4.69, 9.17) is 33.2 Å². The molecule has 0 spiro atoms. The zero-order valence-corrected chi connectivity index (χ0v) is 24.6. The van der Waals surface area contributed by atoms with Gasteiger partial charge < -0.3 is 38.1 Å². The highest BCUT2D eigenvalue weighted by atomic mass is 16.5. The van der Waals surface area contributed by atoms with Gasteiger partial charge in [0, 0.05) is 12.6 Å². The summed E-state index contributed by atoms with van der Waals surface area (Å²) in [5.74, 6) is 2.55. The molecule has 0 saturated carbocycles. The summed E-state index contributed by atoms with van der Waals surface area (Å²) >= 11 is 0. The van der Waals surface area contributed by atoms with Gasteiger partial charge in [-0.05, 0) is 77.7 Å². The second-order valence-corrected chi connectivity index (χ2v) is 9.32. The molecular weight excluding hydrogens is 542 g/mol. The summed E-state index contributed by atoms with van der Waals surface area (Å²) in [6.45, 7) is 0.639. The highest BCUT2D eigenvalue weighted by Gasteiger charge is 2.32. The van der Waals surface area contributed by atoms with Gasteiger partial charge in [-0.3, -0.25) is 4.79 Å². The van der Waals surface area contributed by atoms with Crippen molar-refractivity contribution in [3.8, 4) is 34.5 Å². The molecule has 42 heavy (non-hydrogen) atoms. The predicted molar refractivity (Wildman–Crippen MR) is 156 cm³/mol. The average Bonchev–Trinajstić information content (AvgIpc) is 3.04. The van der Waals surface area contributed by atoms with Gasteiger partial charge in [-0.1, -0.05) is 0 Å². The van der Waals surface area contributed by atoms with E-state index in [1.165, 1.54) is 34.5 Å². The first-order valence-electron chi connectivity index (χ1n) is 13.2. The Morgan fingerprint density at radius 3 is 2.00 bits per heavy atom. The quantitative estimate of drug-likeness (QED) is 0.236. The van der Waals surface area contributed by atoms with E-state index in [9.17, 15) is 9.59 Å². The molecule has 0 unspecified atom stereocenters. The molecule has 0 bridgehead atoms. The van der Waals surface area contributed by atoms with Crippen LogP contribution in [-0.4, -0.2) is 72.6 Å². The molecule has 0 fully saturated rings. The van der Waals surface area contributed by atoms with Crippen LogP contribution in [0.25, 0.3) is 6.08 Å². The highest BCUT2D eigenvalue weighted by Crippen LogP contribution is 2.40. The van der Waals surface area contributed by atoms with Crippen LogP contribution in [0.3, 0.4) is 0 Å². The second-order valence-electron chi connectivity index (χ2n) is 9.32. The number of hydrogen-bond donors (Lipinski definition) is 0. The zero-order chi connectivity index (χ0) is 30.2. The van der Waals surface area contributed by atoms with Gasteiger partial charge >= 0.3 is 5.97 Å². The van der Waals surface area contributed by atoms with Gasteiger partial charge in [0.05, 0.1) is 54.3 Å². The maximum Gasteiger partial charge on any atom is 0.337 e. The molecule has 1 amide bonds. The molecule has 3 aromatic carbocycles. The van der Waals surface area contributed by atoms with Crippen molar-refractivity contribution in [1.82, 2.24) is 4.90 Å². The first-order valence-corrected chi connectivity index (χ1v) is 13.2. The fourth-order valence-electron chi connectivity index (χ4n) is 4.91. The third kappa shape index (κ3) is 6.38. The van der Waals surface area contributed by atoms with Crippen LogP contribution in [-0.2, 0) is 16.0 Å². The largest absolute Gasteiger partial charge is 0.493 e. The molecule has 10 heteroatoms. The van der Waals surface area contributed by atoms with Crippen molar-refractivity contribution in [1.29, 1.82) is 0 Å². The number of fused-ring (bicyclic) bond motifs is 1. The van der Waals surface area contributed by atoms with Gasteiger partial charge in [0.1, 0.15) is 12.4 Å². The molecule has 0 saturated heterocycles. The Hall–Kier alpha value is -4.86. The standard InChI is InChI=1S/C32H35NO9/c1-36-26-17-22-13-14-33(30(34)12-7-20-15-28(38-3)31(40-5)29(16-20)39-4)25(24(22)18-27(26)37-2)19-42-23-10-8-21(9-11-23)32(35)41-6/h7-12,15-18,25H,13-14,19H2,1-6H3/b12-7+/t25-/m1/s1. The number of methoxy groups -OCH3 is 6. The van der Waals surface area contributed by atoms with Crippen molar-refractivity contribution in [2.75, 3.05) is 55.8 Å². The molecule has 1 aliphatic heterocycles. The molecule has 0 aliphatic carbocycles. The number of carbonyl (C=O) groups excluding carboxylic acids is 2. The van der Waals surface area contributed by atoms with Gasteiger partial charge in [0.2, 0.25) is 11.7 Å². The monoisotopic (exact) mass is 577 g/mol. The van der Waals surface area contributed by atoms with E-state index in [1.54, 1.807) is 61.6 Å². The molecule has 1 atom stereocenters. The number of rotatable bonds is 11. The number of carbonyl (C=O) groups is 2. The Kier molecular flexibility index (Phi) is 9.80. The minimum atomic E-state index is -0.431. The topological polar surface area (TPSA) is 102 Å². The molecule has 0 aromatic heterocycles. The van der Waals surface area contributed by atoms with Crippen LogP contribution in [0.5, 0.6) is 34.5 Å². The number of hydrogen-bond acceptors (Lipinski definition) is 9. The van der Waals surface area contributed by atoms with Crippen molar-refractivity contribution in [3.63, 3.8) is 0 Å². The summed E-state index contributed by atoms with van der Waals surface area (Å²) in [6.07, 6.45) is 3.86. The molecular formula is C32H35NO9. The number of esters is 1. The lowest BCUT2D eigenvalue weighted by Crippen LogP contribution is -2.41. The first-order chi connectivity index (χ1) is 20.4. The van der Waals surface area contributed by atoms with Crippen molar-refractivity contribution in [3.05, 3.63) is 76.9 Å². The summed E-state index contributed by atoms with van der Waals surface area (Å²) in [5.41, 5.74) is 3.07. The SMILES string of the molecule is COC(=O)c1ccc(OC[C@@H]2c3cc(OC)c(OC)cc3CCN2C(=O)/C=C/c2cc(OC)c(OC)c(OC)c2)cc1. The summed E-state index contributed by atoms with van der Waals surface area (Å²) in [4.78, 5) is 27.2. The molecule has 3 aromatic rings. The van der Waals surface area contributed by atoms with Gasteiger partial charge in [0.25, 0.3) is 0 Å². The van der Waals surface area contributed by atoms with Crippen LogP contribution in [0, 0.1) is 0 Å². The van der Waals surface area contributed by atoms with Crippen LogP contribution in [0.4, 0.5) is 0 Å².